The molecule has 0 N–H and O–H groups in total. The number of rotatable bonds is 2. The Labute approximate surface area is 122 Å². The minimum atomic E-state index is 0.809. The Morgan fingerprint density at radius 1 is 0.857 bits per heavy atom. The molecule has 0 amide bonds. The van der Waals surface area contributed by atoms with Gasteiger partial charge in [0.1, 0.15) is 23.6 Å². The van der Waals surface area contributed by atoms with Crippen LogP contribution in [0.25, 0.3) is 22.5 Å². The average Bonchev–Trinajstić information content (AvgIpc) is 3.05. The van der Waals surface area contributed by atoms with Gasteiger partial charge in [-0.15, -0.1) is 0 Å². The number of para-hydroxylation sites is 3. The molecule has 0 atom stereocenters. The SMILES string of the molecule is c1ccc(-n2cc[n+](-c3cnc4ccccc4n3)c2)cc1. The van der Waals surface area contributed by atoms with Gasteiger partial charge in [-0.25, -0.2) is 14.1 Å². The molecule has 2 heterocycles. The van der Waals surface area contributed by atoms with Gasteiger partial charge in [-0.3, -0.25) is 0 Å². The van der Waals surface area contributed by atoms with Crippen LogP contribution in [-0.4, -0.2) is 14.5 Å². The molecule has 0 saturated heterocycles. The first-order chi connectivity index (χ1) is 10.4. The van der Waals surface area contributed by atoms with Gasteiger partial charge in [0.2, 0.25) is 0 Å². The molecule has 4 heteroatoms. The van der Waals surface area contributed by atoms with E-state index >= 15 is 0 Å². The lowest BCUT2D eigenvalue weighted by molar-refractivity contribution is -0.598. The van der Waals surface area contributed by atoms with Gasteiger partial charge in [0.05, 0.1) is 6.20 Å². The maximum absolute atomic E-state index is 4.64. The Balaban J connectivity index is 1.77. The van der Waals surface area contributed by atoms with Crippen LogP contribution in [0.3, 0.4) is 0 Å². The molecule has 2 aromatic carbocycles. The number of imidazole rings is 1. The van der Waals surface area contributed by atoms with E-state index in [0.29, 0.717) is 0 Å². The minimum absolute atomic E-state index is 0.809. The first-order valence-electron chi connectivity index (χ1n) is 6.77. The Bertz CT molecular complexity index is 897. The molecule has 0 aliphatic heterocycles. The predicted molar refractivity (Wildman–Crippen MR) is 80.4 cm³/mol. The van der Waals surface area contributed by atoms with Crippen LogP contribution in [0.2, 0.25) is 0 Å². The zero-order chi connectivity index (χ0) is 14.1. The lowest BCUT2D eigenvalue weighted by Gasteiger charge is -1.97. The molecule has 0 fully saturated rings. The van der Waals surface area contributed by atoms with Gasteiger partial charge in [-0.05, 0) is 24.3 Å². The Kier molecular flexibility index (Phi) is 2.71. The summed E-state index contributed by atoms with van der Waals surface area (Å²) in [7, 11) is 0. The van der Waals surface area contributed by atoms with E-state index in [0.717, 1.165) is 22.5 Å². The van der Waals surface area contributed by atoms with Crippen molar-refractivity contribution in [1.29, 1.82) is 0 Å². The van der Waals surface area contributed by atoms with E-state index in [4.69, 9.17) is 0 Å². The predicted octanol–water partition coefficient (Wildman–Crippen LogP) is 2.70. The standard InChI is InChI=1S/C17H13N4/c1-2-6-14(7-3-1)20-10-11-21(13-20)17-12-18-15-8-4-5-9-16(15)19-17/h1-13H/q+1. The highest BCUT2D eigenvalue weighted by Crippen LogP contribution is 2.09. The summed E-state index contributed by atoms with van der Waals surface area (Å²) in [6.07, 6.45) is 7.77. The van der Waals surface area contributed by atoms with Crippen LogP contribution in [0.1, 0.15) is 0 Å². The van der Waals surface area contributed by atoms with Crippen molar-refractivity contribution in [3.63, 3.8) is 0 Å². The molecule has 4 nitrogen and oxygen atoms in total. The van der Waals surface area contributed by atoms with Crippen LogP contribution >= 0.6 is 0 Å². The van der Waals surface area contributed by atoms with Crippen LogP contribution in [0, 0.1) is 0 Å². The van der Waals surface area contributed by atoms with Crippen LogP contribution in [0.4, 0.5) is 0 Å². The molecular formula is C17H13N4+. The fourth-order valence-corrected chi connectivity index (χ4v) is 2.31. The third-order valence-electron chi connectivity index (χ3n) is 3.39. The summed E-state index contributed by atoms with van der Waals surface area (Å²) in [4.78, 5) is 9.09. The first kappa shape index (κ1) is 11.8. The summed E-state index contributed by atoms with van der Waals surface area (Å²) < 4.78 is 4.02. The van der Waals surface area contributed by atoms with Crippen molar-refractivity contribution in [2.45, 2.75) is 0 Å². The normalized spacial score (nSPS) is 10.9. The van der Waals surface area contributed by atoms with Gasteiger partial charge >= 0.3 is 0 Å². The summed E-state index contributed by atoms with van der Waals surface area (Å²) in [5.74, 6) is 0.809. The number of benzene rings is 2. The van der Waals surface area contributed by atoms with Gasteiger partial charge in [-0.1, -0.05) is 35.3 Å². The van der Waals surface area contributed by atoms with E-state index in [1.165, 1.54) is 0 Å². The Hall–Kier alpha value is -3.01. The highest BCUT2D eigenvalue weighted by molar-refractivity contribution is 5.73. The number of hydrogen-bond acceptors (Lipinski definition) is 2. The van der Waals surface area contributed by atoms with E-state index in [1.807, 2.05) is 65.8 Å². The zero-order valence-corrected chi connectivity index (χ0v) is 11.3. The van der Waals surface area contributed by atoms with Crippen molar-refractivity contribution in [2.24, 2.45) is 0 Å². The molecule has 100 valence electrons. The summed E-state index contributed by atoms with van der Waals surface area (Å²) in [6, 6.07) is 18.1. The van der Waals surface area contributed by atoms with Gasteiger partial charge in [0.25, 0.3) is 5.82 Å². The average molecular weight is 273 g/mol. The van der Waals surface area contributed by atoms with Gasteiger partial charge in [-0.2, -0.15) is 0 Å². The number of nitrogens with zero attached hydrogens (tertiary/aromatic N) is 4. The quantitative estimate of drug-likeness (QED) is 0.526. The van der Waals surface area contributed by atoms with Crippen molar-refractivity contribution in [2.75, 3.05) is 0 Å². The topological polar surface area (TPSA) is 34.6 Å². The molecule has 0 saturated carbocycles. The second kappa shape index (κ2) is 4.83. The largest absolute Gasteiger partial charge is 0.286 e. The van der Waals surface area contributed by atoms with Crippen molar-refractivity contribution in [3.05, 3.63) is 79.5 Å². The molecule has 0 aliphatic carbocycles. The summed E-state index contributed by atoms with van der Waals surface area (Å²) in [5, 5.41) is 0. The molecular weight excluding hydrogens is 260 g/mol. The molecule has 4 rings (SSSR count). The van der Waals surface area contributed by atoms with Crippen molar-refractivity contribution < 1.29 is 4.57 Å². The molecule has 4 aromatic rings. The monoisotopic (exact) mass is 273 g/mol. The molecule has 0 radical (unpaired) electrons. The van der Waals surface area contributed by atoms with Gasteiger partial charge in [0, 0.05) is 0 Å². The number of fused-ring (bicyclic) bond motifs is 1. The molecule has 0 aliphatic rings. The fraction of sp³-hybridized carbons (Fsp3) is 0. The molecule has 21 heavy (non-hydrogen) atoms. The summed E-state index contributed by atoms with van der Waals surface area (Å²) in [5.41, 5.74) is 2.92. The van der Waals surface area contributed by atoms with Crippen molar-refractivity contribution in [3.8, 4) is 11.5 Å². The molecule has 0 spiro atoms. The van der Waals surface area contributed by atoms with E-state index in [1.54, 1.807) is 6.20 Å². The second-order valence-electron chi connectivity index (χ2n) is 4.78. The molecule has 0 bridgehead atoms. The van der Waals surface area contributed by atoms with Crippen LogP contribution < -0.4 is 4.57 Å². The summed E-state index contributed by atoms with van der Waals surface area (Å²) in [6.45, 7) is 0. The van der Waals surface area contributed by atoms with E-state index in [-0.39, 0.29) is 0 Å². The molecule has 2 aromatic heterocycles. The van der Waals surface area contributed by atoms with Gasteiger partial charge in [0.15, 0.2) is 11.8 Å². The third-order valence-corrected chi connectivity index (χ3v) is 3.39. The Morgan fingerprint density at radius 2 is 1.62 bits per heavy atom. The van der Waals surface area contributed by atoms with E-state index in [2.05, 4.69) is 26.7 Å². The van der Waals surface area contributed by atoms with Crippen molar-refractivity contribution >= 4 is 11.0 Å². The maximum atomic E-state index is 4.64. The minimum Gasteiger partial charge on any atom is -0.246 e. The third kappa shape index (κ3) is 2.17. The maximum Gasteiger partial charge on any atom is 0.286 e. The first-order valence-corrected chi connectivity index (χ1v) is 6.77. The highest BCUT2D eigenvalue weighted by atomic mass is 15.2. The van der Waals surface area contributed by atoms with E-state index in [9.17, 15) is 0 Å². The number of aromatic nitrogens is 4. The second-order valence-corrected chi connectivity index (χ2v) is 4.78. The fourth-order valence-electron chi connectivity index (χ4n) is 2.31. The number of hydrogen-bond donors (Lipinski definition) is 0. The summed E-state index contributed by atoms with van der Waals surface area (Å²) >= 11 is 0. The smallest absolute Gasteiger partial charge is 0.246 e. The molecule has 0 unspecified atom stereocenters. The lowest BCUT2D eigenvalue weighted by Crippen LogP contribution is -2.29. The van der Waals surface area contributed by atoms with Gasteiger partial charge < -0.3 is 0 Å². The lowest BCUT2D eigenvalue weighted by atomic mass is 10.3. The van der Waals surface area contributed by atoms with Crippen LogP contribution in [0.15, 0.2) is 79.5 Å². The zero-order valence-electron chi connectivity index (χ0n) is 11.3. The van der Waals surface area contributed by atoms with Crippen LogP contribution in [0.5, 0.6) is 0 Å². The van der Waals surface area contributed by atoms with Crippen molar-refractivity contribution in [1.82, 2.24) is 14.5 Å². The Morgan fingerprint density at radius 3 is 2.48 bits per heavy atom. The highest BCUT2D eigenvalue weighted by Gasteiger charge is 2.10. The van der Waals surface area contributed by atoms with Crippen LogP contribution in [-0.2, 0) is 0 Å². The van der Waals surface area contributed by atoms with E-state index < -0.39 is 0 Å².